The van der Waals surface area contributed by atoms with Crippen molar-refractivity contribution in [1.82, 2.24) is 4.98 Å². The lowest BCUT2D eigenvalue weighted by atomic mass is 10.0. The van der Waals surface area contributed by atoms with E-state index in [1.54, 1.807) is 18.2 Å². The summed E-state index contributed by atoms with van der Waals surface area (Å²) in [6, 6.07) is 11.9. The number of para-hydroxylation sites is 1. The van der Waals surface area contributed by atoms with Gasteiger partial charge in [-0.2, -0.15) is 8.78 Å². The zero-order valence-corrected chi connectivity index (χ0v) is 14.1. The fourth-order valence-electron chi connectivity index (χ4n) is 2.70. The van der Waals surface area contributed by atoms with Gasteiger partial charge >= 0.3 is 12.6 Å². The van der Waals surface area contributed by atoms with E-state index in [0.29, 0.717) is 16.6 Å². The van der Waals surface area contributed by atoms with E-state index in [2.05, 4.69) is 15.0 Å². The van der Waals surface area contributed by atoms with Gasteiger partial charge in [0, 0.05) is 23.6 Å². The Hall–Kier alpha value is -3.55. The number of benzene rings is 2. The molecule has 6 nitrogen and oxygen atoms in total. The number of alkyl halides is 2. The summed E-state index contributed by atoms with van der Waals surface area (Å²) < 4.78 is 29.8. The summed E-state index contributed by atoms with van der Waals surface area (Å²) in [5.41, 5.74) is 1.12. The predicted molar refractivity (Wildman–Crippen MR) is 95.1 cm³/mol. The van der Waals surface area contributed by atoms with Crippen LogP contribution in [-0.4, -0.2) is 28.6 Å². The van der Waals surface area contributed by atoms with Crippen molar-refractivity contribution >= 4 is 28.5 Å². The lowest BCUT2D eigenvalue weighted by Gasteiger charge is -2.12. The average molecular weight is 372 g/mol. The van der Waals surface area contributed by atoms with Crippen LogP contribution < -0.4 is 10.1 Å². The van der Waals surface area contributed by atoms with Gasteiger partial charge in [-0.25, -0.2) is 9.78 Å². The Morgan fingerprint density at radius 3 is 2.56 bits per heavy atom. The Labute approximate surface area is 152 Å². The summed E-state index contributed by atoms with van der Waals surface area (Å²) in [5.74, 6) is -1.62. The van der Waals surface area contributed by atoms with Gasteiger partial charge in [0.15, 0.2) is 0 Å². The number of aromatic carboxylic acids is 1. The molecule has 8 heteroatoms. The van der Waals surface area contributed by atoms with E-state index in [-0.39, 0.29) is 28.5 Å². The fraction of sp³-hybridized carbons (Fsp3) is 0.105. The van der Waals surface area contributed by atoms with Gasteiger partial charge in [0.05, 0.1) is 16.8 Å². The summed E-state index contributed by atoms with van der Waals surface area (Å²) in [6.45, 7) is -1.69. The van der Waals surface area contributed by atoms with Crippen LogP contribution in [0.3, 0.4) is 0 Å². The first-order valence-electron chi connectivity index (χ1n) is 7.85. The molecule has 1 heterocycles. The molecule has 27 heavy (non-hydrogen) atoms. The molecule has 2 aromatic carbocycles. The van der Waals surface area contributed by atoms with Crippen molar-refractivity contribution in [3.63, 3.8) is 0 Å². The largest absolute Gasteiger partial charge is 0.478 e. The van der Waals surface area contributed by atoms with Gasteiger partial charge in [0.2, 0.25) is 5.91 Å². The molecular formula is C19H14F2N2O4. The summed E-state index contributed by atoms with van der Waals surface area (Å²) in [5, 5.41) is 12.5. The number of carbonyl (C=O) groups excluding carboxylic acids is 1. The molecule has 0 fully saturated rings. The molecule has 138 valence electrons. The third-order valence-electron chi connectivity index (χ3n) is 3.74. The van der Waals surface area contributed by atoms with Gasteiger partial charge in [-0.1, -0.05) is 12.1 Å². The molecule has 0 saturated heterocycles. The molecule has 1 amide bonds. The van der Waals surface area contributed by atoms with Gasteiger partial charge in [0.25, 0.3) is 0 Å². The highest BCUT2D eigenvalue weighted by molar-refractivity contribution is 6.05. The van der Waals surface area contributed by atoms with Gasteiger partial charge in [-0.15, -0.1) is 0 Å². The number of carboxylic acids is 1. The minimum Gasteiger partial charge on any atom is -0.478 e. The molecule has 0 aliphatic rings. The zero-order valence-electron chi connectivity index (χ0n) is 14.1. The summed E-state index contributed by atoms with van der Waals surface area (Å²) in [6.07, 6.45) is 0. The number of hydrogen-bond acceptors (Lipinski definition) is 4. The van der Waals surface area contributed by atoms with Crippen LogP contribution in [-0.2, 0) is 4.79 Å². The number of pyridine rings is 1. The van der Waals surface area contributed by atoms with Gasteiger partial charge in [-0.3, -0.25) is 4.79 Å². The standard InChI is InChI=1S/C19H14F2N2O4/c1-10(24)22-11-6-7-15-13(8-11)14(18(25)26)9-16(23-15)12-4-2-3-5-17(12)27-19(20)21/h2-9,19H,1H3,(H,22,24)(H,25,26). The normalized spacial score (nSPS) is 10.8. The lowest BCUT2D eigenvalue weighted by Crippen LogP contribution is -2.07. The third kappa shape index (κ3) is 4.00. The number of carboxylic acid groups (broad SMARTS) is 1. The summed E-state index contributed by atoms with van der Waals surface area (Å²) in [7, 11) is 0. The molecule has 0 atom stereocenters. The number of halogens is 2. The SMILES string of the molecule is CC(=O)Nc1ccc2nc(-c3ccccc3OC(F)F)cc(C(=O)O)c2c1. The maximum absolute atomic E-state index is 12.7. The topological polar surface area (TPSA) is 88.5 Å². The van der Waals surface area contributed by atoms with E-state index in [1.807, 2.05) is 0 Å². The first kappa shape index (κ1) is 18.2. The first-order chi connectivity index (χ1) is 12.8. The number of hydrogen-bond donors (Lipinski definition) is 2. The third-order valence-corrected chi connectivity index (χ3v) is 3.74. The number of amides is 1. The maximum Gasteiger partial charge on any atom is 0.387 e. The van der Waals surface area contributed by atoms with Gasteiger partial charge in [-0.05, 0) is 36.4 Å². The Morgan fingerprint density at radius 1 is 1.15 bits per heavy atom. The summed E-state index contributed by atoms with van der Waals surface area (Å²) in [4.78, 5) is 27.3. The van der Waals surface area contributed by atoms with Crippen LogP contribution in [0.5, 0.6) is 5.75 Å². The van der Waals surface area contributed by atoms with E-state index in [4.69, 9.17) is 0 Å². The number of ether oxygens (including phenoxy) is 1. The number of anilines is 1. The van der Waals surface area contributed by atoms with Crippen LogP contribution in [0.15, 0.2) is 48.5 Å². The number of aromatic nitrogens is 1. The first-order valence-corrected chi connectivity index (χ1v) is 7.85. The second kappa shape index (κ2) is 7.36. The van der Waals surface area contributed by atoms with E-state index in [0.717, 1.165) is 0 Å². The molecule has 2 N–H and O–H groups in total. The predicted octanol–water partition coefficient (Wildman–Crippen LogP) is 4.16. The lowest BCUT2D eigenvalue weighted by molar-refractivity contribution is -0.114. The molecule has 3 aromatic rings. The van der Waals surface area contributed by atoms with Crippen molar-refractivity contribution in [1.29, 1.82) is 0 Å². The second-order valence-corrected chi connectivity index (χ2v) is 5.65. The molecule has 0 unspecified atom stereocenters. The second-order valence-electron chi connectivity index (χ2n) is 5.65. The van der Waals surface area contributed by atoms with E-state index in [9.17, 15) is 23.5 Å². The minimum atomic E-state index is -3.02. The van der Waals surface area contributed by atoms with E-state index < -0.39 is 12.6 Å². The van der Waals surface area contributed by atoms with Gasteiger partial charge in [0.1, 0.15) is 5.75 Å². The van der Waals surface area contributed by atoms with E-state index in [1.165, 1.54) is 37.3 Å². The highest BCUT2D eigenvalue weighted by Crippen LogP contribution is 2.33. The molecule has 3 rings (SSSR count). The molecular weight excluding hydrogens is 358 g/mol. The van der Waals surface area contributed by atoms with Crippen LogP contribution in [0, 0.1) is 0 Å². The Morgan fingerprint density at radius 2 is 1.89 bits per heavy atom. The Bertz CT molecular complexity index is 1040. The molecule has 0 bridgehead atoms. The van der Waals surface area contributed by atoms with Crippen LogP contribution >= 0.6 is 0 Å². The monoisotopic (exact) mass is 372 g/mol. The quantitative estimate of drug-likeness (QED) is 0.702. The zero-order chi connectivity index (χ0) is 19.6. The molecule has 0 aliphatic heterocycles. The molecule has 0 spiro atoms. The van der Waals surface area contributed by atoms with Gasteiger partial charge < -0.3 is 15.2 Å². The van der Waals surface area contributed by atoms with Crippen molar-refractivity contribution in [2.75, 3.05) is 5.32 Å². The van der Waals surface area contributed by atoms with E-state index >= 15 is 0 Å². The highest BCUT2D eigenvalue weighted by atomic mass is 19.3. The van der Waals surface area contributed by atoms with Crippen molar-refractivity contribution in [3.05, 3.63) is 54.1 Å². The number of carbonyl (C=O) groups is 2. The average Bonchev–Trinajstić information content (AvgIpc) is 2.60. The number of fused-ring (bicyclic) bond motifs is 1. The molecule has 0 saturated carbocycles. The van der Waals surface area contributed by atoms with Crippen molar-refractivity contribution in [3.8, 4) is 17.0 Å². The Kier molecular flexibility index (Phi) is 4.98. The maximum atomic E-state index is 12.7. The highest BCUT2D eigenvalue weighted by Gasteiger charge is 2.17. The molecule has 0 radical (unpaired) electrons. The summed E-state index contributed by atoms with van der Waals surface area (Å²) >= 11 is 0. The van der Waals surface area contributed by atoms with Crippen LogP contribution in [0.4, 0.5) is 14.5 Å². The van der Waals surface area contributed by atoms with Crippen molar-refractivity contribution < 1.29 is 28.2 Å². The number of nitrogens with one attached hydrogen (secondary N) is 1. The molecule has 1 aromatic heterocycles. The Balaban J connectivity index is 2.19. The fourth-order valence-corrected chi connectivity index (χ4v) is 2.70. The van der Waals surface area contributed by atoms with Crippen LogP contribution in [0.2, 0.25) is 0 Å². The number of nitrogens with zero attached hydrogens (tertiary/aromatic N) is 1. The minimum absolute atomic E-state index is 0.0750. The van der Waals surface area contributed by atoms with Crippen molar-refractivity contribution in [2.24, 2.45) is 0 Å². The van der Waals surface area contributed by atoms with Crippen LogP contribution in [0.25, 0.3) is 22.2 Å². The molecule has 0 aliphatic carbocycles. The van der Waals surface area contributed by atoms with Crippen LogP contribution in [0.1, 0.15) is 17.3 Å². The smallest absolute Gasteiger partial charge is 0.387 e. The number of rotatable bonds is 5. The van der Waals surface area contributed by atoms with Crippen molar-refractivity contribution in [2.45, 2.75) is 13.5 Å².